The molecule has 0 bridgehead atoms. The topological polar surface area (TPSA) is 53.1 Å². The molecule has 1 saturated heterocycles. The van der Waals surface area contributed by atoms with Crippen LogP contribution < -0.4 is 5.73 Å². The van der Waals surface area contributed by atoms with Crippen molar-refractivity contribution in [2.24, 2.45) is 5.73 Å². The van der Waals surface area contributed by atoms with E-state index in [0.29, 0.717) is 12.1 Å². The highest BCUT2D eigenvalue weighted by molar-refractivity contribution is 5.22. The van der Waals surface area contributed by atoms with Crippen molar-refractivity contribution < 1.29 is 4.74 Å². The van der Waals surface area contributed by atoms with Crippen LogP contribution in [-0.2, 0) is 17.6 Å². The van der Waals surface area contributed by atoms with E-state index in [0.717, 1.165) is 45.3 Å². The van der Waals surface area contributed by atoms with Crippen molar-refractivity contribution in [3.05, 3.63) is 17.5 Å². The van der Waals surface area contributed by atoms with Crippen molar-refractivity contribution >= 4 is 0 Å². The predicted molar refractivity (Wildman–Crippen MR) is 61.3 cm³/mol. The first-order valence-electron chi connectivity index (χ1n) is 6.23. The molecular weight excluding hydrogens is 202 g/mol. The summed E-state index contributed by atoms with van der Waals surface area (Å²) in [4.78, 5) is 0. The Kier molecular flexibility index (Phi) is 2.69. The molecule has 0 aromatic carbocycles. The lowest BCUT2D eigenvalue weighted by atomic mass is 9.94. The maximum Gasteiger partial charge on any atom is 0.0657 e. The monoisotopic (exact) mass is 221 g/mol. The molecule has 0 amide bonds. The van der Waals surface area contributed by atoms with E-state index in [1.807, 2.05) is 0 Å². The maximum atomic E-state index is 5.98. The molecule has 2 heterocycles. The molecule has 1 aliphatic heterocycles. The van der Waals surface area contributed by atoms with Gasteiger partial charge in [0.2, 0.25) is 0 Å². The number of ether oxygens (including phenoxy) is 1. The van der Waals surface area contributed by atoms with Gasteiger partial charge in [0.15, 0.2) is 0 Å². The molecule has 2 N–H and O–H groups in total. The van der Waals surface area contributed by atoms with E-state index in [1.165, 1.54) is 11.3 Å². The summed E-state index contributed by atoms with van der Waals surface area (Å²) in [7, 11) is 0. The molecule has 1 aliphatic carbocycles. The Morgan fingerprint density at radius 2 is 2.12 bits per heavy atom. The zero-order valence-corrected chi connectivity index (χ0v) is 9.56. The van der Waals surface area contributed by atoms with Crippen LogP contribution in [-0.4, -0.2) is 29.0 Å². The Morgan fingerprint density at radius 1 is 1.31 bits per heavy atom. The van der Waals surface area contributed by atoms with E-state index in [-0.39, 0.29) is 0 Å². The van der Waals surface area contributed by atoms with Crippen LogP contribution in [0.2, 0.25) is 0 Å². The third-order valence-corrected chi connectivity index (χ3v) is 3.69. The lowest BCUT2D eigenvalue weighted by Gasteiger charge is -2.22. The van der Waals surface area contributed by atoms with Crippen LogP contribution in [0.5, 0.6) is 0 Å². The molecule has 0 radical (unpaired) electrons. The van der Waals surface area contributed by atoms with Gasteiger partial charge in [-0.1, -0.05) is 0 Å². The summed E-state index contributed by atoms with van der Waals surface area (Å²) in [5, 5.41) is 4.71. The molecule has 1 fully saturated rings. The summed E-state index contributed by atoms with van der Waals surface area (Å²) in [5.41, 5.74) is 8.62. The van der Waals surface area contributed by atoms with Crippen LogP contribution >= 0.6 is 0 Å². The van der Waals surface area contributed by atoms with Crippen molar-refractivity contribution in [2.45, 2.75) is 44.2 Å². The SMILES string of the molecule is NC1CCc2nn(C3CCOCC3)cc2C1. The van der Waals surface area contributed by atoms with E-state index >= 15 is 0 Å². The lowest BCUT2D eigenvalue weighted by molar-refractivity contribution is 0.0661. The minimum absolute atomic E-state index is 0.333. The van der Waals surface area contributed by atoms with Gasteiger partial charge in [-0.2, -0.15) is 5.10 Å². The molecule has 1 unspecified atom stereocenters. The molecule has 16 heavy (non-hydrogen) atoms. The van der Waals surface area contributed by atoms with Crippen LogP contribution in [0.25, 0.3) is 0 Å². The van der Waals surface area contributed by atoms with Gasteiger partial charge in [-0.25, -0.2) is 0 Å². The summed E-state index contributed by atoms with van der Waals surface area (Å²) in [6.07, 6.45) is 7.52. The lowest BCUT2D eigenvalue weighted by Crippen LogP contribution is -2.27. The summed E-state index contributed by atoms with van der Waals surface area (Å²) in [6, 6.07) is 0.871. The average molecular weight is 221 g/mol. The fourth-order valence-electron chi connectivity index (χ4n) is 2.69. The van der Waals surface area contributed by atoms with Gasteiger partial charge in [0.05, 0.1) is 11.7 Å². The van der Waals surface area contributed by atoms with Gasteiger partial charge in [-0.05, 0) is 37.7 Å². The molecule has 4 nitrogen and oxygen atoms in total. The minimum Gasteiger partial charge on any atom is -0.381 e. The van der Waals surface area contributed by atoms with E-state index in [1.54, 1.807) is 0 Å². The normalized spacial score (nSPS) is 26.7. The van der Waals surface area contributed by atoms with Gasteiger partial charge >= 0.3 is 0 Å². The van der Waals surface area contributed by atoms with Gasteiger partial charge in [0, 0.05) is 25.5 Å². The third kappa shape index (κ3) is 1.87. The zero-order chi connectivity index (χ0) is 11.0. The van der Waals surface area contributed by atoms with Gasteiger partial charge in [-0.15, -0.1) is 0 Å². The zero-order valence-electron chi connectivity index (χ0n) is 9.56. The quantitative estimate of drug-likeness (QED) is 0.771. The van der Waals surface area contributed by atoms with Crippen molar-refractivity contribution in [3.63, 3.8) is 0 Å². The number of hydrogen-bond acceptors (Lipinski definition) is 3. The molecule has 1 aromatic heterocycles. The van der Waals surface area contributed by atoms with Crippen molar-refractivity contribution in [2.75, 3.05) is 13.2 Å². The predicted octanol–water partition coefficient (Wildman–Crippen LogP) is 1.05. The molecule has 0 spiro atoms. The van der Waals surface area contributed by atoms with Crippen LogP contribution in [0.4, 0.5) is 0 Å². The Bertz CT molecular complexity index is 368. The fraction of sp³-hybridized carbons (Fsp3) is 0.750. The highest BCUT2D eigenvalue weighted by Gasteiger charge is 2.22. The Hall–Kier alpha value is -0.870. The molecule has 1 atom stereocenters. The minimum atomic E-state index is 0.333. The van der Waals surface area contributed by atoms with E-state index in [9.17, 15) is 0 Å². The van der Waals surface area contributed by atoms with Gasteiger partial charge in [0.25, 0.3) is 0 Å². The summed E-state index contributed by atoms with van der Waals surface area (Å²) < 4.78 is 7.54. The summed E-state index contributed by atoms with van der Waals surface area (Å²) >= 11 is 0. The van der Waals surface area contributed by atoms with Gasteiger partial charge in [-0.3, -0.25) is 4.68 Å². The maximum absolute atomic E-state index is 5.98. The average Bonchev–Trinajstić information content (AvgIpc) is 2.73. The van der Waals surface area contributed by atoms with E-state index < -0.39 is 0 Å². The Labute approximate surface area is 95.8 Å². The Morgan fingerprint density at radius 3 is 2.94 bits per heavy atom. The van der Waals surface area contributed by atoms with Crippen LogP contribution in [0.15, 0.2) is 6.20 Å². The number of hydrogen-bond donors (Lipinski definition) is 1. The van der Waals surface area contributed by atoms with Gasteiger partial charge < -0.3 is 10.5 Å². The molecule has 88 valence electrons. The number of fused-ring (bicyclic) bond motifs is 1. The first-order chi connectivity index (χ1) is 7.83. The number of aryl methyl sites for hydroxylation is 1. The highest BCUT2D eigenvalue weighted by Crippen LogP contribution is 2.25. The van der Waals surface area contributed by atoms with Crippen molar-refractivity contribution in [3.8, 4) is 0 Å². The Balaban J connectivity index is 1.80. The van der Waals surface area contributed by atoms with Crippen molar-refractivity contribution in [1.82, 2.24) is 9.78 Å². The summed E-state index contributed by atoms with van der Waals surface area (Å²) in [6.45, 7) is 1.74. The first-order valence-corrected chi connectivity index (χ1v) is 6.23. The van der Waals surface area contributed by atoms with E-state index in [4.69, 9.17) is 15.6 Å². The van der Waals surface area contributed by atoms with Crippen molar-refractivity contribution in [1.29, 1.82) is 0 Å². The molecule has 4 heteroatoms. The molecule has 1 aromatic rings. The molecular formula is C12H19N3O. The highest BCUT2D eigenvalue weighted by atomic mass is 16.5. The van der Waals surface area contributed by atoms with Crippen LogP contribution in [0, 0.1) is 0 Å². The second-order valence-electron chi connectivity index (χ2n) is 4.93. The molecule has 2 aliphatic rings. The second-order valence-corrected chi connectivity index (χ2v) is 4.93. The number of aromatic nitrogens is 2. The third-order valence-electron chi connectivity index (χ3n) is 3.69. The number of nitrogens with zero attached hydrogens (tertiary/aromatic N) is 2. The standard InChI is InChI=1S/C12H19N3O/c13-10-1-2-12-9(7-10)8-15(14-12)11-3-5-16-6-4-11/h8,10-11H,1-7,13H2. The smallest absolute Gasteiger partial charge is 0.0657 e. The largest absolute Gasteiger partial charge is 0.381 e. The van der Waals surface area contributed by atoms with Gasteiger partial charge in [0.1, 0.15) is 0 Å². The number of rotatable bonds is 1. The first kappa shape index (κ1) is 10.3. The molecule has 0 saturated carbocycles. The second kappa shape index (κ2) is 4.18. The van der Waals surface area contributed by atoms with Crippen LogP contribution in [0.1, 0.15) is 36.6 Å². The van der Waals surface area contributed by atoms with Crippen LogP contribution in [0.3, 0.4) is 0 Å². The summed E-state index contributed by atoms with van der Waals surface area (Å²) in [5.74, 6) is 0. The number of nitrogens with two attached hydrogens (primary N) is 1. The molecule has 3 rings (SSSR count). The van der Waals surface area contributed by atoms with E-state index in [2.05, 4.69) is 10.9 Å². The fourth-order valence-corrected chi connectivity index (χ4v) is 2.69.